The number of hydrogen-bond donors (Lipinski definition) is 3. The van der Waals surface area contributed by atoms with Gasteiger partial charge >= 0.3 is 6.03 Å². The minimum atomic E-state index is -0.411. The minimum absolute atomic E-state index is 0.166. The number of carbonyl (C=O) groups is 2. The average Bonchev–Trinajstić information content (AvgIpc) is 3.02. The van der Waals surface area contributed by atoms with Crippen molar-refractivity contribution < 1.29 is 18.4 Å². The number of amides is 3. The molecular weight excluding hydrogens is 558 g/mol. The maximum atomic E-state index is 13.1. The number of nitrogens with one attached hydrogen (secondary N) is 3. The molecule has 5 aromatic rings. The predicted octanol–water partition coefficient (Wildman–Crippen LogP) is 7.99. The first kappa shape index (κ1) is 30.1. The molecule has 222 valence electrons. The van der Waals surface area contributed by atoms with Crippen LogP contribution in [0.15, 0.2) is 127 Å². The van der Waals surface area contributed by atoms with Crippen LogP contribution in [-0.4, -0.2) is 16.8 Å². The SMILES string of the molecule is O=C(Cc1ccc(CN(Cc2ccccc2)Cc2ccc(NC(=O)Nc3ccc(F)cc3)cc2)cc1)Nc1ccc(F)cc1. The van der Waals surface area contributed by atoms with Gasteiger partial charge in [-0.1, -0.05) is 66.7 Å². The summed E-state index contributed by atoms with van der Waals surface area (Å²) in [4.78, 5) is 27.1. The van der Waals surface area contributed by atoms with Gasteiger partial charge in [0.2, 0.25) is 5.91 Å². The van der Waals surface area contributed by atoms with Crippen LogP contribution in [0.4, 0.5) is 30.6 Å². The number of hydrogen-bond acceptors (Lipinski definition) is 3. The summed E-state index contributed by atoms with van der Waals surface area (Å²) in [5, 5.41) is 8.28. The average molecular weight is 591 g/mol. The first-order valence-corrected chi connectivity index (χ1v) is 14.2. The fourth-order valence-electron chi connectivity index (χ4n) is 4.73. The Morgan fingerprint density at radius 1 is 0.477 bits per heavy atom. The molecule has 44 heavy (non-hydrogen) atoms. The third kappa shape index (κ3) is 9.34. The molecule has 0 bridgehead atoms. The van der Waals surface area contributed by atoms with E-state index in [4.69, 9.17) is 0 Å². The molecule has 0 heterocycles. The molecule has 6 nitrogen and oxygen atoms in total. The van der Waals surface area contributed by atoms with Crippen molar-refractivity contribution in [3.8, 4) is 0 Å². The third-order valence-electron chi connectivity index (χ3n) is 6.89. The molecule has 0 saturated heterocycles. The Bertz CT molecular complexity index is 1550. The van der Waals surface area contributed by atoms with Crippen molar-refractivity contribution in [1.29, 1.82) is 0 Å². The maximum Gasteiger partial charge on any atom is 0.323 e. The van der Waals surface area contributed by atoms with Crippen LogP contribution in [-0.2, 0) is 30.8 Å². The molecule has 0 radical (unpaired) electrons. The first-order chi connectivity index (χ1) is 21.4. The summed E-state index contributed by atoms with van der Waals surface area (Å²) in [5.41, 5.74) is 5.97. The molecular formula is C36H32F2N4O2. The first-order valence-electron chi connectivity index (χ1n) is 14.2. The van der Waals surface area contributed by atoms with E-state index >= 15 is 0 Å². The number of halogens is 2. The van der Waals surface area contributed by atoms with Gasteiger partial charge in [0, 0.05) is 36.7 Å². The van der Waals surface area contributed by atoms with Gasteiger partial charge in [0.25, 0.3) is 0 Å². The van der Waals surface area contributed by atoms with Crippen molar-refractivity contribution in [2.45, 2.75) is 26.1 Å². The second kappa shape index (κ2) is 14.7. The Kier molecular flexibility index (Phi) is 10.1. The second-order valence-electron chi connectivity index (χ2n) is 10.5. The third-order valence-corrected chi connectivity index (χ3v) is 6.89. The van der Waals surface area contributed by atoms with Crippen molar-refractivity contribution in [1.82, 2.24) is 4.90 Å². The van der Waals surface area contributed by atoms with Gasteiger partial charge in [-0.25, -0.2) is 13.6 Å². The molecule has 0 saturated carbocycles. The quantitative estimate of drug-likeness (QED) is 0.146. The van der Waals surface area contributed by atoms with E-state index in [9.17, 15) is 18.4 Å². The van der Waals surface area contributed by atoms with Gasteiger partial charge < -0.3 is 16.0 Å². The zero-order valence-corrected chi connectivity index (χ0v) is 24.0. The van der Waals surface area contributed by atoms with Gasteiger partial charge in [-0.15, -0.1) is 0 Å². The van der Waals surface area contributed by atoms with Crippen LogP contribution in [0.1, 0.15) is 22.3 Å². The summed E-state index contributed by atoms with van der Waals surface area (Å²) in [6, 6.07) is 36.8. The molecule has 0 atom stereocenters. The highest BCUT2D eigenvalue weighted by Crippen LogP contribution is 2.18. The van der Waals surface area contributed by atoms with Crippen LogP contribution in [0.2, 0.25) is 0 Å². The number of nitrogens with zero attached hydrogens (tertiary/aromatic N) is 1. The summed E-state index contributed by atoms with van der Waals surface area (Å²) in [7, 11) is 0. The van der Waals surface area contributed by atoms with E-state index in [1.807, 2.05) is 66.7 Å². The Morgan fingerprint density at radius 3 is 1.36 bits per heavy atom. The zero-order chi connectivity index (χ0) is 30.7. The van der Waals surface area contributed by atoms with Crippen molar-refractivity contribution >= 4 is 29.0 Å². The second-order valence-corrected chi connectivity index (χ2v) is 10.5. The lowest BCUT2D eigenvalue weighted by Gasteiger charge is -2.23. The molecule has 0 aromatic heterocycles. The number of rotatable bonds is 11. The fourth-order valence-corrected chi connectivity index (χ4v) is 4.73. The van der Waals surface area contributed by atoms with Gasteiger partial charge in [-0.3, -0.25) is 9.69 Å². The molecule has 0 aliphatic rings. The summed E-state index contributed by atoms with van der Waals surface area (Å²) in [6.07, 6.45) is 0.216. The Morgan fingerprint density at radius 2 is 0.864 bits per heavy atom. The van der Waals surface area contributed by atoms with Crippen LogP contribution in [0.3, 0.4) is 0 Å². The summed E-state index contributed by atoms with van der Waals surface area (Å²) in [5.74, 6) is -0.882. The van der Waals surface area contributed by atoms with E-state index in [0.29, 0.717) is 30.2 Å². The van der Waals surface area contributed by atoms with E-state index in [2.05, 4.69) is 33.0 Å². The van der Waals surface area contributed by atoms with Crippen molar-refractivity contribution in [3.05, 3.63) is 161 Å². The smallest absolute Gasteiger partial charge is 0.323 e. The molecule has 5 aromatic carbocycles. The molecule has 8 heteroatoms. The summed E-state index contributed by atoms with van der Waals surface area (Å²) >= 11 is 0. The molecule has 3 N–H and O–H groups in total. The van der Waals surface area contributed by atoms with Gasteiger partial charge in [-0.2, -0.15) is 0 Å². The maximum absolute atomic E-state index is 13.1. The zero-order valence-electron chi connectivity index (χ0n) is 24.0. The topological polar surface area (TPSA) is 73.5 Å². The van der Waals surface area contributed by atoms with E-state index < -0.39 is 6.03 Å². The van der Waals surface area contributed by atoms with E-state index in [-0.39, 0.29) is 24.0 Å². The van der Waals surface area contributed by atoms with E-state index in [1.165, 1.54) is 54.1 Å². The Hall–Kier alpha value is -5.34. The lowest BCUT2D eigenvalue weighted by atomic mass is 10.1. The van der Waals surface area contributed by atoms with Crippen LogP contribution < -0.4 is 16.0 Å². The normalized spacial score (nSPS) is 10.8. The lowest BCUT2D eigenvalue weighted by molar-refractivity contribution is -0.115. The van der Waals surface area contributed by atoms with Gasteiger partial charge in [0.15, 0.2) is 0 Å². The monoisotopic (exact) mass is 590 g/mol. The molecule has 0 aliphatic carbocycles. The molecule has 3 amide bonds. The number of anilines is 3. The molecule has 0 spiro atoms. The van der Waals surface area contributed by atoms with Crippen LogP contribution in [0, 0.1) is 11.6 Å². The molecule has 5 rings (SSSR count). The largest absolute Gasteiger partial charge is 0.326 e. The predicted molar refractivity (Wildman–Crippen MR) is 170 cm³/mol. The van der Waals surface area contributed by atoms with E-state index in [1.54, 1.807) is 0 Å². The van der Waals surface area contributed by atoms with Gasteiger partial charge in [-0.05, 0) is 82.9 Å². The standard InChI is InChI=1S/C36H32F2N4O2/c37-30-12-18-32(19-13-30)39-35(43)22-26-6-8-28(9-7-26)24-42(23-27-4-2-1-3-5-27)25-29-10-16-33(17-11-29)40-36(44)41-34-20-14-31(38)15-21-34/h1-21H,22-25H2,(H,39,43)(H2,40,41,44). The Balaban J connectivity index is 1.19. The van der Waals surface area contributed by atoms with Crippen molar-refractivity contribution in [3.63, 3.8) is 0 Å². The molecule has 0 fully saturated rings. The summed E-state index contributed by atoms with van der Waals surface area (Å²) in [6.45, 7) is 2.11. The fraction of sp³-hybridized carbons (Fsp3) is 0.111. The summed E-state index contributed by atoms with van der Waals surface area (Å²) < 4.78 is 26.2. The number of benzene rings is 5. The van der Waals surface area contributed by atoms with Crippen LogP contribution in [0.5, 0.6) is 0 Å². The van der Waals surface area contributed by atoms with E-state index in [0.717, 1.165) is 23.2 Å². The minimum Gasteiger partial charge on any atom is -0.326 e. The lowest BCUT2D eigenvalue weighted by Crippen LogP contribution is -2.22. The number of urea groups is 1. The van der Waals surface area contributed by atoms with Gasteiger partial charge in [0.1, 0.15) is 11.6 Å². The van der Waals surface area contributed by atoms with Crippen LogP contribution >= 0.6 is 0 Å². The van der Waals surface area contributed by atoms with Gasteiger partial charge in [0.05, 0.1) is 6.42 Å². The van der Waals surface area contributed by atoms with Crippen LogP contribution in [0.25, 0.3) is 0 Å². The molecule has 0 aliphatic heterocycles. The van der Waals surface area contributed by atoms with Crippen molar-refractivity contribution in [2.24, 2.45) is 0 Å². The highest BCUT2D eigenvalue weighted by Gasteiger charge is 2.11. The highest BCUT2D eigenvalue weighted by atomic mass is 19.1. The van der Waals surface area contributed by atoms with Crippen molar-refractivity contribution in [2.75, 3.05) is 16.0 Å². The Labute approximate surface area is 255 Å². The highest BCUT2D eigenvalue weighted by molar-refractivity contribution is 5.99. The number of carbonyl (C=O) groups excluding carboxylic acids is 2. The molecule has 0 unspecified atom stereocenters.